The average molecular weight is 317 g/mol. The van der Waals surface area contributed by atoms with Gasteiger partial charge in [-0.05, 0) is 13.0 Å². The lowest BCUT2D eigenvalue weighted by Crippen LogP contribution is -2.31. The Balaban J connectivity index is 2.49. The molecule has 1 aromatic heterocycles. The summed E-state index contributed by atoms with van der Waals surface area (Å²) < 4.78 is 40.7. The quantitative estimate of drug-likeness (QED) is 0.881. The van der Waals surface area contributed by atoms with Gasteiger partial charge in [0.05, 0.1) is 11.3 Å². The highest BCUT2D eigenvalue weighted by atomic mass is 35.5. The van der Waals surface area contributed by atoms with Gasteiger partial charge in [-0.15, -0.1) is 0 Å². The molecular weight excluding hydrogens is 305 g/mol. The van der Waals surface area contributed by atoms with Crippen molar-refractivity contribution in [3.05, 3.63) is 58.4 Å². The normalized spacial score (nSPS) is 15.6. The maximum Gasteiger partial charge on any atom is 0.182 e. The van der Waals surface area contributed by atoms with Gasteiger partial charge in [-0.25, -0.2) is 23.1 Å². The summed E-state index contributed by atoms with van der Waals surface area (Å²) in [6.07, 6.45) is 1.05. The first-order valence-corrected chi connectivity index (χ1v) is 6.46. The van der Waals surface area contributed by atoms with Crippen LogP contribution >= 0.6 is 11.6 Å². The van der Waals surface area contributed by atoms with Crippen molar-refractivity contribution in [2.45, 2.75) is 25.4 Å². The summed E-state index contributed by atoms with van der Waals surface area (Å²) in [6.45, 7) is 2.76. The van der Waals surface area contributed by atoms with Crippen LogP contribution in [0.2, 0.25) is 5.15 Å². The molecule has 0 spiro atoms. The summed E-state index contributed by atoms with van der Waals surface area (Å²) >= 11 is 5.57. The molecule has 0 bridgehead atoms. The summed E-state index contributed by atoms with van der Waals surface area (Å²) in [6, 6.07) is 2.78. The van der Waals surface area contributed by atoms with Gasteiger partial charge in [0.2, 0.25) is 0 Å². The maximum atomic E-state index is 13.9. The average Bonchev–Trinajstić information content (AvgIpc) is 2.40. The topological polar surface area (TPSA) is 46.0 Å². The molecule has 2 aromatic rings. The Morgan fingerprint density at radius 1 is 1.24 bits per heavy atom. The minimum absolute atomic E-state index is 0.149. The van der Waals surface area contributed by atoms with Crippen LogP contribution in [0.4, 0.5) is 13.2 Å². The van der Waals surface area contributed by atoms with Gasteiger partial charge < -0.3 is 5.11 Å². The molecule has 21 heavy (non-hydrogen) atoms. The summed E-state index contributed by atoms with van der Waals surface area (Å²) in [5.41, 5.74) is -2.12. The second kappa shape index (κ2) is 5.61. The number of aromatic nitrogens is 2. The molecule has 0 aliphatic heterocycles. The lowest BCUT2D eigenvalue weighted by molar-refractivity contribution is 0.0262. The van der Waals surface area contributed by atoms with Crippen LogP contribution in [0, 0.1) is 17.5 Å². The number of benzene rings is 1. The molecule has 0 aliphatic carbocycles. The predicted octanol–water partition coefficient (Wildman–Crippen LogP) is 3.56. The van der Waals surface area contributed by atoms with Crippen molar-refractivity contribution in [1.82, 2.24) is 9.97 Å². The number of halogens is 4. The van der Waals surface area contributed by atoms with Crippen molar-refractivity contribution in [1.29, 1.82) is 0 Å². The maximum absolute atomic E-state index is 13.9. The van der Waals surface area contributed by atoms with E-state index in [2.05, 4.69) is 9.97 Å². The van der Waals surface area contributed by atoms with Gasteiger partial charge in [0, 0.05) is 17.5 Å². The van der Waals surface area contributed by atoms with Gasteiger partial charge in [-0.1, -0.05) is 24.6 Å². The van der Waals surface area contributed by atoms with Gasteiger partial charge >= 0.3 is 0 Å². The number of hydrogen-bond acceptors (Lipinski definition) is 3. The zero-order valence-corrected chi connectivity index (χ0v) is 12.0. The van der Waals surface area contributed by atoms with E-state index in [0.29, 0.717) is 6.07 Å². The van der Waals surface area contributed by atoms with Gasteiger partial charge in [0.25, 0.3) is 0 Å². The van der Waals surface area contributed by atoms with Crippen LogP contribution in [0.15, 0.2) is 24.5 Å². The zero-order chi connectivity index (χ0) is 15.8. The van der Waals surface area contributed by atoms with Crippen LogP contribution in [-0.4, -0.2) is 15.1 Å². The van der Waals surface area contributed by atoms with Crippen molar-refractivity contribution in [3.8, 4) is 0 Å². The lowest BCUT2D eigenvalue weighted by Gasteiger charge is -2.31. The van der Waals surface area contributed by atoms with Crippen LogP contribution in [0.3, 0.4) is 0 Å². The molecule has 0 saturated heterocycles. The smallest absolute Gasteiger partial charge is 0.182 e. The molecule has 0 radical (unpaired) electrons. The summed E-state index contributed by atoms with van der Waals surface area (Å²) in [7, 11) is 0. The first-order chi connectivity index (χ1) is 9.75. The predicted molar refractivity (Wildman–Crippen MR) is 71.3 cm³/mol. The highest BCUT2D eigenvalue weighted by Gasteiger charge is 2.37. The van der Waals surface area contributed by atoms with E-state index in [1.54, 1.807) is 0 Å². The van der Waals surface area contributed by atoms with Crippen LogP contribution in [0.25, 0.3) is 0 Å². The minimum Gasteiger partial charge on any atom is -0.385 e. The molecule has 112 valence electrons. The van der Waals surface area contributed by atoms with Crippen molar-refractivity contribution >= 4 is 11.6 Å². The van der Waals surface area contributed by atoms with Gasteiger partial charge in [0.15, 0.2) is 11.0 Å². The number of rotatable bonds is 3. The molecule has 7 heteroatoms. The molecule has 3 nitrogen and oxygen atoms in total. The van der Waals surface area contributed by atoms with E-state index < -0.39 is 29.0 Å². The number of nitrogens with zero attached hydrogens (tertiary/aromatic N) is 2. The summed E-state index contributed by atoms with van der Waals surface area (Å²) in [5, 5.41) is 10.2. The monoisotopic (exact) mass is 316 g/mol. The molecular formula is C14H12ClF3N2O. The van der Waals surface area contributed by atoms with Crippen molar-refractivity contribution in [3.63, 3.8) is 0 Å². The lowest BCUT2D eigenvalue weighted by atomic mass is 9.81. The molecule has 1 heterocycles. The third-order valence-electron chi connectivity index (χ3n) is 3.50. The Morgan fingerprint density at radius 2 is 1.90 bits per heavy atom. The highest BCUT2D eigenvalue weighted by Crippen LogP contribution is 2.38. The fraction of sp³-hybridized carbons (Fsp3) is 0.286. The standard InChI is InChI=1S/C14H12ClF3N2O/c1-7(12-11(18)13(15)20-6-19-12)14(2,21)9-4-3-8(16)5-10(9)17/h3-7,21H,1-2H3/t7-,14-/m0/s1. The molecule has 2 atom stereocenters. The Hall–Kier alpha value is -1.66. The van der Waals surface area contributed by atoms with E-state index in [0.717, 1.165) is 18.5 Å². The zero-order valence-electron chi connectivity index (χ0n) is 11.2. The third kappa shape index (κ3) is 2.87. The van der Waals surface area contributed by atoms with Crippen molar-refractivity contribution in [2.75, 3.05) is 0 Å². The van der Waals surface area contributed by atoms with E-state index >= 15 is 0 Å². The minimum atomic E-state index is -1.81. The first kappa shape index (κ1) is 15.7. The van der Waals surface area contributed by atoms with Gasteiger partial charge in [-0.2, -0.15) is 0 Å². The Morgan fingerprint density at radius 3 is 2.52 bits per heavy atom. The fourth-order valence-electron chi connectivity index (χ4n) is 2.06. The second-order valence-corrected chi connectivity index (χ2v) is 5.22. The van der Waals surface area contributed by atoms with Crippen molar-refractivity contribution < 1.29 is 18.3 Å². The van der Waals surface area contributed by atoms with Crippen LogP contribution in [0.5, 0.6) is 0 Å². The van der Waals surface area contributed by atoms with Crippen molar-refractivity contribution in [2.24, 2.45) is 0 Å². The molecule has 2 rings (SSSR count). The molecule has 0 aliphatic rings. The SMILES string of the molecule is C[C@@H](c1ncnc(Cl)c1F)[C@](C)(O)c1ccc(F)cc1F. The summed E-state index contributed by atoms with van der Waals surface area (Å²) in [5.74, 6) is -3.50. The fourth-order valence-corrected chi connectivity index (χ4v) is 2.20. The van der Waals surface area contributed by atoms with E-state index in [9.17, 15) is 18.3 Å². The van der Waals surface area contributed by atoms with E-state index in [1.807, 2.05) is 0 Å². The van der Waals surface area contributed by atoms with Crippen LogP contribution in [-0.2, 0) is 5.60 Å². The molecule has 0 fully saturated rings. The summed E-state index contributed by atoms with van der Waals surface area (Å²) in [4.78, 5) is 7.23. The molecule has 1 N–H and O–H groups in total. The Bertz CT molecular complexity index is 679. The number of aliphatic hydroxyl groups is 1. The van der Waals surface area contributed by atoms with Crippen LogP contribution < -0.4 is 0 Å². The second-order valence-electron chi connectivity index (χ2n) is 4.86. The highest BCUT2D eigenvalue weighted by molar-refractivity contribution is 6.29. The third-order valence-corrected chi connectivity index (χ3v) is 3.77. The Kier molecular flexibility index (Phi) is 4.20. The van der Waals surface area contributed by atoms with Crippen LogP contribution in [0.1, 0.15) is 31.0 Å². The van der Waals surface area contributed by atoms with Gasteiger partial charge in [0.1, 0.15) is 18.0 Å². The molecule has 1 aromatic carbocycles. The number of hydrogen-bond donors (Lipinski definition) is 1. The van der Waals surface area contributed by atoms with Gasteiger partial charge in [-0.3, -0.25) is 0 Å². The largest absolute Gasteiger partial charge is 0.385 e. The van der Waals surface area contributed by atoms with E-state index in [4.69, 9.17) is 11.6 Å². The first-order valence-electron chi connectivity index (χ1n) is 6.09. The Labute approximate surface area is 124 Å². The molecule has 0 amide bonds. The van der Waals surface area contributed by atoms with E-state index in [1.165, 1.54) is 13.8 Å². The van der Waals surface area contributed by atoms with E-state index in [-0.39, 0.29) is 16.4 Å². The molecule has 0 saturated carbocycles. The molecule has 0 unspecified atom stereocenters.